The van der Waals surface area contributed by atoms with Gasteiger partial charge in [-0.3, -0.25) is 0 Å². The van der Waals surface area contributed by atoms with Crippen LogP contribution in [0.5, 0.6) is 0 Å². The van der Waals surface area contributed by atoms with Gasteiger partial charge in [-0.2, -0.15) is 5.14 Å². The molecule has 2 nitrogen and oxygen atoms in total. The van der Waals surface area contributed by atoms with Crippen LogP contribution in [-0.2, 0) is 11.4 Å². The quantitative estimate of drug-likeness (QED) is 0.862. The van der Waals surface area contributed by atoms with E-state index in [0.29, 0.717) is 0 Å². The second-order valence-corrected chi connectivity index (χ2v) is 7.32. The van der Waals surface area contributed by atoms with Crippen LogP contribution in [0.4, 0.5) is 0 Å². The van der Waals surface area contributed by atoms with E-state index in [-0.39, 0.29) is 5.92 Å². The number of halogens is 1. The van der Waals surface area contributed by atoms with E-state index < -0.39 is 16.1 Å². The predicted octanol–water partition coefficient (Wildman–Crippen LogP) is 3.65. The van der Waals surface area contributed by atoms with Crippen LogP contribution in [-0.4, -0.2) is 9.30 Å². The Bertz CT molecular complexity index is 393. The van der Waals surface area contributed by atoms with Crippen molar-refractivity contribution in [2.24, 2.45) is 5.14 Å². The average Bonchev–Trinajstić information content (AvgIpc) is 2.24. The fraction of sp³-hybridized carbons (Fsp3) is 0.538. The van der Waals surface area contributed by atoms with E-state index in [1.165, 1.54) is 11.1 Å². The minimum atomic E-state index is -1.34. The molecule has 0 fully saturated rings. The molecular weight excluding hydrogens is 298 g/mol. The summed E-state index contributed by atoms with van der Waals surface area (Å²) in [4.78, 5) is 0. The number of rotatable bonds is 4. The summed E-state index contributed by atoms with van der Waals surface area (Å²) in [5, 5.41) is 5.63. The molecule has 2 atom stereocenters. The van der Waals surface area contributed by atoms with E-state index >= 15 is 0 Å². The van der Waals surface area contributed by atoms with Gasteiger partial charge in [0.1, 0.15) is 4.75 Å². The van der Waals surface area contributed by atoms with Crippen molar-refractivity contribution >= 4 is 27.3 Å². The lowest BCUT2D eigenvalue weighted by Gasteiger charge is -2.33. The van der Waals surface area contributed by atoms with Crippen LogP contribution in [0.15, 0.2) is 22.7 Å². The minimum absolute atomic E-state index is 0.200. The first-order chi connectivity index (χ1) is 7.82. The molecule has 96 valence electrons. The molecule has 0 saturated heterocycles. The molecule has 0 aromatic heterocycles. The highest BCUT2D eigenvalue weighted by Crippen LogP contribution is 2.38. The lowest BCUT2D eigenvalue weighted by Crippen LogP contribution is -2.43. The van der Waals surface area contributed by atoms with Crippen LogP contribution < -0.4 is 5.14 Å². The molecule has 0 heterocycles. The third kappa shape index (κ3) is 3.05. The maximum absolute atomic E-state index is 11.7. The van der Waals surface area contributed by atoms with Crippen LogP contribution in [0, 0.1) is 6.92 Å². The van der Waals surface area contributed by atoms with Crippen LogP contribution in [0.3, 0.4) is 0 Å². The number of nitrogens with two attached hydrogens (primary N) is 1. The molecule has 2 N–H and O–H groups in total. The van der Waals surface area contributed by atoms with Gasteiger partial charge in [0.25, 0.3) is 0 Å². The summed E-state index contributed by atoms with van der Waals surface area (Å²) in [6.45, 7) is 8.13. The van der Waals surface area contributed by atoms with Gasteiger partial charge < -0.3 is 4.55 Å². The zero-order chi connectivity index (χ0) is 13.2. The van der Waals surface area contributed by atoms with Crippen molar-refractivity contribution in [3.63, 3.8) is 0 Å². The topological polar surface area (TPSA) is 49.1 Å². The van der Waals surface area contributed by atoms with E-state index in [1.54, 1.807) is 0 Å². The van der Waals surface area contributed by atoms with Gasteiger partial charge in [-0.25, -0.2) is 0 Å². The van der Waals surface area contributed by atoms with Gasteiger partial charge >= 0.3 is 0 Å². The first-order valence-electron chi connectivity index (χ1n) is 5.73. The Morgan fingerprint density at radius 3 is 2.53 bits per heavy atom. The molecule has 0 spiro atoms. The van der Waals surface area contributed by atoms with Gasteiger partial charge in [0.15, 0.2) is 0 Å². The average molecular weight is 318 g/mol. The molecule has 4 heteroatoms. The lowest BCUT2D eigenvalue weighted by atomic mass is 9.83. The number of benzene rings is 1. The molecule has 0 aliphatic carbocycles. The second kappa shape index (κ2) is 5.74. The SMILES string of the molecule is CCC(c1cccc(Br)c1C)C(C)(C)[S+](N)[O-]. The Kier molecular flexibility index (Phi) is 5.07. The van der Waals surface area contributed by atoms with Crippen LogP contribution >= 0.6 is 15.9 Å². The Morgan fingerprint density at radius 2 is 2.06 bits per heavy atom. The highest BCUT2D eigenvalue weighted by Gasteiger charge is 2.40. The molecule has 1 aromatic rings. The Labute approximate surface area is 115 Å². The summed E-state index contributed by atoms with van der Waals surface area (Å²) in [5.41, 5.74) is 2.43. The van der Waals surface area contributed by atoms with Crippen molar-refractivity contribution in [2.75, 3.05) is 0 Å². The zero-order valence-electron chi connectivity index (χ0n) is 10.8. The second-order valence-electron chi connectivity index (χ2n) is 4.82. The van der Waals surface area contributed by atoms with E-state index in [0.717, 1.165) is 10.9 Å². The Hall–Kier alpha value is -0.0300. The van der Waals surface area contributed by atoms with Crippen molar-refractivity contribution < 1.29 is 4.55 Å². The first kappa shape index (κ1) is 15.0. The molecule has 0 bridgehead atoms. The first-order valence-corrected chi connectivity index (χ1v) is 7.74. The third-order valence-corrected chi connectivity index (χ3v) is 5.63. The highest BCUT2D eigenvalue weighted by atomic mass is 79.9. The number of hydrogen-bond donors (Lipinski definition) is 1. The molecule has 2 unspecified atom stereocenters. The maximum atomic E-state index is 11.7. The van der Waals surface area contributed by atoms with Gasteiger partial charge in [0.05, 0.1) is 0 Å². The van der Waals surface area contributed by atoms with Crippen molar-refractivity contribution in [1.29, 1.82) is 0 Å². The van der Waals surface area contributed by atoms with Gasteiger partial charge in [-0.15, -0.1) is 0 Å². The molecule has 0 radical (unpaired) electrons. The molecule has 17 heavy (non-hydrogen) atoms. The number of hydrogen-bond acceptors (Lipinski definition) is 2. The summed E-state index contributed by atoms with van der Waals surface area (Å²) in [6.07, 6.45) is 0.924. The Morgan fingerprint density at radius 1 is 1.47 bits per heavy atom. The molecule has 0 amide bonds. The van der Waals surface area contributed by atoms with Crippen LogP contribution in [0.2, 0.25) is 0 Å². The molecular formula is C13H20BrNOS. The van der Waals surface area contributed by atoms with Gasteiger partial charge in [-0.05, 0) is 44.4 Å². The van der Waals surface area contributed by atoms with Gasteiger partial charge in [0.2, 0.25) is 0 Å². The largest absolute Gasteiger partial charge is 0.598 e. The monoisotopic (exact) mass is 317 g/mol. The van der Waals surface area contributed by atoms with Crippen molar-refractivity contribution in [2.45, 2.75) is 44.8 Å². The smallest absolute Gasteiger partial charge is 0.146 e. The van der Waals surface area contributed by atoms with Crippen molar-refractivity contribution in [1.82, 2.24) is 0 Å². The molecule has 1 aromatic carbocycles. The van der Waals surface area contributed by atoms with Crippen LogP contribution in [0.1, 0.15) is 44.2 Å². The normalized spacial score (nSPS) is 15.7. The van der Waals surface area contributed by atoms with Crippen molar-refractivity contribution in [3.05, 3.63) is 33.8 Å². The fourth-order valence-electron chi connectivity index (χ4n) is 2.23. The third-order valence-electron chi connectivity index (χ3n) is 3.45. The predicted molar refractivity (Wildman–Crippen MR) is 78.3 cm³/mol. The molecule has 1 rings (SSSR count). The summed E-state index contributed by atoms with van der Waals surface area (Å²) in [7, 11) is 0. The molecule has 0 aliphatic rings. The Balaban J connectivity index is 3.23. The van der Waals surface area contributed by atoms with E-state index in [4.69, 9.17) is 5.14 Å². The summed E-state index contributed by atoms with van der Waals surface area (Å²) >= 11 is 2.20. The van der Waals surface area contributed by atoms with Crippen molar-refractivity contribution in [3.8, 4) is 0 Å². The minimum Gasteiger partial charge on any atom is -0.598 e. The standard InChI is InChI=1S/C13H20BrNOS/c1-5-11(13(3,4)17(15)16)10-7-6-8-12(14)9(10)2/h6-8,11H,5,15H2,1-4H3. The molecule has 0 saturated carbocycles. The van der Waals surface area contributed by atoms with Crippen LogP contribution in [0.25, 0.3) is 0 Å². The highest BCUT2D eigenvalue weighted by molar-refractivity contribution is 9.10. The van der Waals surface area contributed by atoms with E-state index in [9.17, 15) is 4.55 Å². The van der Waals surface area contributed by atoms with Gasteiger partial charge in [-0.1, -0.05) is 35.0 Å². The summed E-state index contributed by atoms with van der Waals surface area (Å²) < 4.78 is 12.4. The maximum Gasteiger partial charge on any atom is 0.146 e. The fourth-order valence-corrected chi connectivity index (χ4v) is 3.18. The van der Waals surface area contributed by atoms with Gasteiger partial charge in [0, 0.05) is 21.8 Å². The van der Waals surface area contributed by atoms with E-state index in [1.807, 2.05) is 26.0 Å². The van der Waals surface area contributed by atoms with E-state index in [2.05, 4.69) is 35.8 Å². The molecule has 0 aliphatic heterocycles. The zero-order valence-corrected chi connectivity index (χ0v) is 13.2. The lowest BCUT2D eigenvalue weighted by molar-refractivity contribution is 0.473. The summed E-state index contributed by atoms with van der Waals surface area (Å²) in [5.74, 6) is 0.200. The summed E-state index contributed by atoms with van der Waals surface area (Å²) in [6, 6.07) is 6.14.